The summed E-state index contributed by atoms with van der Waals surface area (Å²) in [6, 6.07) is 2.09. The van der Waals surface area contributed by atoms with Crippen LogP contribution < -0.4 is 0 Å². The van der Waals surface area contributed by atoms with E-state index in [4.69, 9.17) is 5.26 Å². The second kappa shape index (κ2) is 4.07. The molecule has 0 saturated carbocycles. The Kier molecular flexibility index (Phi) is 3.06. The van der Waals surface area contributed by atoms with Crippen molar-refractivity contribution in [2.75, 3.05) is 5.33 Å². The highest BCUT2D eigenvalue weighted by atomic mass is 79.9. The third-order valence-electron chi connectivity index (χ3n) is 1.35. The van der Waals surface area contributed by atoms with Crippen LogP contribution in [-0.4, -0.2) is 15.1 Å². The molecular formula is C8H8BrN3. The molecule has 0 radical (unpaired) electrons. The molecule has 0 bridgehead atoms. The minimum absolute atomic E-state index is 0.582. The summed E-state index contributed by atoms with van der Waals surface area (Å²) in [5.74, 6) is 0. The zero-order valence-electron chi connectivity index (χ0n) is 6.66. The molecule has 3 nitrogen and oxygen atoms in total. The van der Waals surface area contributed by atoms with E-state index in [1.165, 1.54) is 0 Å². The lowest BCUT2D eigenvalue weighted by atomic mass is 10.2. The van der Waals surface area contributed by atoms with E-state index in [9.17, 15) is 0 Å². The fourth-order valence-corrected chi connectivity index (χ4v) is 1.10. The van der Waals surface area contributed by atoms with E-state index in [2.05, 4.69) is 27.1 Å². The molecule has 62 valence electrons. The van der Waals surface area contributed by atoms with Crippen LogP contribution in [0.3, 0.4) is 0 Å². The molecular weight excluding hydrogens is 218 g/mol. The maximum atomic E-state index is 8.62. The summed E-state index contributed by atoms with van der Waals surface area (Å²) < 4.78 is 1.70. The van der Waals surface area contributed by atoms with Crippen LogP contribution in [-0.2, 0) is 7.05 Å². The Labute approximate surface area is 79.4 Å². The molecule has 0 aliphatic rings. The van der Waals surface area contributed by atoms with Crippen LogP contribution >= 0.6 is 15.9 Å². The maximum Gasteiger partial charge on any atom is 0.0956 e. The van der Waals surface area contributed by atoms with Gasteiger partial charge in [-0.2, -0.15) is 10.4 Å². The Morgan fingerprint density at radius 2 is 2.67 bits per heavy atom. The molecule has 12 heavy (non-hydrogen) atoms. The van der Waals surface area contributed by atoms with Crippen molar-refractivity contribution in [3.63, 3.8) is 0 Å². The van der Waals surface area contributed by atoms with Gasteiger partial charge in [0, 0.05) is 29.7 Å². The Morgan fingerprint density at radius 3 is 3.08 bits per heavy atom. The van der Waals surface area contributed by atoms with E-state index in [1.54, 1.807) is 10.9 Å². The molecule has 0 unspecified atom stereocenters. The van der Waals surface area contributed by atoms with Gasteiger partial charge in [0.15, 0.2) is 0 Å². The zero-order valence-corrected chi connectivity index (χ0v) is 8.24. The number of rotatable bonds is 2. The average Bonchev–Trinajstić information content (AvgIpc) is 2.47. The van der Waals surface area contributed by atoms with Gasteiger partial charge in [-0.1, -0.05) is 15.9 Å². The number of hydrogen-bond acceptors (Lipinski definition) is 2. The van der Waals surface area contributed by atoms with Gasteiger partial charge in [0.05, 0.1) is 12.3 Å². The van der Waals surface area contributed by atoms with Gasteiger partial charge in [0.1, 0.15) is 0 Å². The van der Waals surface area contributed by atoms with E-state index in [0.717, 1.165) is 5.56 Å². The number of alkyl halides is 1. The molecule has 0 aromatic carbocycles. The Bertz CT molecular complexity index is 332. The molecule has 0 atom stereocenters. The van der Waals surface area contributed by atoms with Gasteiger partial charge in [-0.05, 0) is 6.08 Å². The predicted octanol–water partition coefficient (Wildman–Crippen LogP) is 1.72. The second-order valence-corrected chi connectivity index (χ2v) is 2.92. The number of allylic oxidation sites excluding steroid dienone is 1. The van der Waals surface area contributed by atoms with Crippen molar-refractivity contribution in [1.82, 2.24) is 9.78 Å². The summed E-state index contributed by atoms with van der Waals surface area (Å²) >= 11 is 3.22. The first-order chi connectivity index (χ1) is 5.76. The molecule has 1 aromatic rings. The Morgan fingerprint density at radius 1 is 1.92 bits per heavy atom. The van der Waals surface area contributed by atoms with Crippen molar-refractivity contribution < 1.29 is 0 Å². The molecule has 4 heteroatoms. The normalized spacial score (nSPS) is 11.2. The van der Waals surface area contributed by atoms with Crippen LogP contribution in [0, 0.1) is 11.3 Å². The van der Waals surface area contributed by atoms with Gasteiger partial charge >= 0.3 is 0 Å². The molecule has 0 spiro atoms. The summed E-state index contributed by atoms with van der Waals surface area (Å²) in [6.07, 6.45) is 5.39. The van der Waals surface area contributed by atoms with E-state index in [-0.39, 0.29) is 0 Å². The van der Waals surface area contributed by atoms with Crippen molar-refractivity contribution >= 4 is 22.0 Å². The first-order valence-corrected chi connectivity index (χ1v) is 4.53. The van der Waals surface area contributed by atoms with Gasteiger partial charge < -0.3 is 0 Å². The van der Waals surface area contributed by atoms with Crippen molar-refractivity contribution in [2.45, 2.75) is 0 Å². The minimum atomic E-state index is 0.582. The molecule has 0 fully saturated rings. The van der Waals surface area contributed by atoms with E-state index in [0.29, 0.717) is 10.9 Å². The lowest BCUT2D eigenvalue weighted by Crippen LogP contribution is -1.84. The Hall–Kier alpha value is -1.08. The fourth-order valence-electron chi connectivity index (χ4n) is 0.817. The number of nitrogens with zero attached hydrogens (tertiary/aromatic N) is 3. The van der Waals surface area contributed by atoms with Gasteiger partial charge in [-0.25, -0.2) is 0 Å². The van der Waals surface area contributed by atoms with Crippen LogP contribution in [0.25, 0.3) is 6.08 Å². The average molecular weight is 226 g/mol. The highest BCUT2D eigenvalue weighted by Gasteiger charge is 1.95. The maximum absolute atomic E-state index is 8.62. The van der Waals surface area contributed by atoms with Gasteiger partial charge in [0.25, 0.3) is 0 Å². The van der Waals surface area contributed by atoms with Crippen molar-refractivity contribution in [2.24, 2.45) is 7.05 Å². The second-order valence-electron chi connectivity index (χ2n) is 2.36. The van der Waals surface area contributed by atoms with Crippen LogP contribution in [0.4, 0.5) is 0 Å². The molecule has 1 heterocycles. The summed E-state index contributed by atoms with van der Waals surface area (Å²) in [6.45, 7) is 0. The number of aryl methyl sites for hydroxylation is 1. The van der Waals surface area contributed by atoms with Crippen LogP contribution in [0.1, 0.15) is 5.56 Å². The standard InChI is InChI=1S/C8H8BrN3/c1-12-6-8(5-11-12)2-7(3-9)4-10/h2,5-6H,3H2,1H3/b7-2-. The van der Waals surface area contributed by atoms with Crippen molar-refractivity contribution in [3.8, 4) is 6.07 Å². The van der Waals surface area contributed by atoms with E-state index >= 15 is 0 Å². The molecule has 0 aliphatic carbocycles. The minimum Gasteiger partial charge on any atom is -0.275 e. The monoisotopic (exact) mass is 225 g/mol. The van der Waals surface area contributed by atoms with Crippen molar-refractivity contribution in [1.29, 1.82) is 5.26 Å². The third kappa shape index (κ3) is 2.21. The van der Waals surface area contributed by atoms with Gasteiger partial charge in [-0.15, -0.1) is 0 Å². The summed E-state index contributed by atoms with van der Waals surface area (Å²) in [5, 5.41) is 13.2. The molecule has 0 aliphatic heterocycles. The topological polar surface area (TPSA) is 41.6 Å². The van der Waals surface area contributed by atoms with Crippen molar-refractivity contribution in [3.05, 3.63) is 23.5 Å². The van der Waals surface area contributed by atoms with Crippen LogP contribution in [0.2, 0.25) is 0 Å². The van der Waals surface area contributed by atoms with Gasteiger partial charge in [0.2, 0.25) is 0 Å². The highest BCUT2D eigenvalue weighted by molar-refractivity contribution is 9.09. The van der Waals surface area contributed by atoms with Crippen LogP contribution in [0.15, 0.2) is 18.0 Å². The first-order valence-electron chi connectivity index (χ1n) is 3.41. The summed E-state index contributed by atoms with van der Waals surface area (Å²) in [4.78, 5) is 0. The van der Waals surface area contributed by atoms with E-state index < -0.39 is 0 Å². The lowest BCUT2D eigenvalue weighted by Gasteiger charge is -1.87. The molecule has 0 amide bonds. The first kappa shape index (κ1) is 9.01. The Balaban J connectivity index is 2.87. The lowest BCUT2D eigenvalue weighted by molar-refractivity contribution is 0.767. The highest BCUT2D eigenvalue weighted by Crippen LogP contribution is 2.06. The third-order valence-corrected chi connectivity index (χ3v) is 1.96. The SMILES string of the molecule is Cn1cc(/C=C(\C#N)CBr)cn1. The molecule has 0 saturated heterocycles. The number of aromatic nitrogens is 2. The largest absolute Gasteiger partial charge is 0.275 e. The molecule has 0 N–H and O–H groups in total. The number of nitriles is 1. The summed E-state index contributed by atoms with van der Waals surface area (Å²) in [5.41, 5.74) is 1.65. The van der Waals surface area contributed by atoms with Gasteiger partial charge in [-0.3, -0.25) is 4.68 Å². The fraction of sp³-hybridized carbons (Fsp3) is 0.250. The zero-order chi connectivity index (χ0) is 8.97. The summed E-state index contributed by atoms with van der Waals surface area (Å²) in [7, 11) is 1.84. The number of halogens is 1. The quantitative estimate of drug-likeness (QED) is 0.569. The number of hydrogen-bond donors (Lipinski definition) is 0. The smallest absolute Gasteiger partial charge is 0.0956 e. The van der Waals surface area contributed by atoms with Crippen LogP contribution in [0.5, 0.6) is 0 Å². The van der Waals surface area contributed by atoms with E-state index in [1.807, 2.05) is 19.3 Å². The molecule has 1 rings (SSSR count). The molecule has 1 aromatic heterocycles. The predicted molar refractivity (Wildman–Crippen MR) is 50.6 cm³/mol.